The van der Waals surface area contributed by atoms with E-state index in [0.717, 1.165) is 76.0 Å². The molecule has 27 heavy (non-hydrogen) atoms. The van der Waals surface area contributed by atoms with Gasteiger partial charge in [-0.05, 0) is 32.1 Å². The molecule has 150 valence electrons. The number of rotatable bonds is 2. The molecule has 9 heteroatoms. The van der Waals surface area contributed by atoms with Gasteiger partial charge in [0.15, 0.2) is 5.96 Å². The Hall–Kier alpha value is -1.39. The minimum atomic E-state index is 0. The van der Waals surface area contributed by atoms with Crippen LogP contribution in [0.4, 0.5) is 0 Å². The highest BCUT2D eigenvalue weighted by Gasteiger charge is 2.42. The summed E-state index contributed by atoms with van der Waals surface area (Å²) in [6.07, 6.45) is 5.01. The van der Waals surface area contributed by atoms with Crippen molar-refractivity contribution in [2.24, 2.45) is 16.3 Å². The molecule has 0 aromatic carbocycles. The molecule has 0 saturated carbocycles. The van der Waals surface area contributed by atoms with E-state index in [9.17, 15) is 4.79 Å². The fourth-order valence-electron chi connectivity index (χ4n) is 4.69. The van der Waals surface area contributed by atoms with Gasteiger partial charge in [-0.15, -0.1) is 34.2 Å². The van der Waals surface area contributed by atoms with E-state index in [1.54, 1.807) is 0 Å². The van der Waals surface area contributed by atoms with Crippen LogP contribution in [0.15, 0.2) is 4.99 Å². The van der Waals surface area contributed by atoms with E-state index in [-0.39, 0.29) is 35.3 Å². The predicted octanol–water partition coefficient (Wildman–Crippen LogP) is 0.944. The summed E-state index contributed by atoms with van der Waals surface area (Å²) in [5.41, 5.74) is 0.0896. The third-order valence-corrected chi connectivity index (χ3v) is 6.15. The maximum atomic E-state index is 11.7. The third-order valence-electron chi connectivity index (χ3n) is 6.15. The topological polar surface area (TPSA) is 87.4 Å². The van der Waals surface area contributed by atoms with Gasteiger partial charge in [0.1, 0.15) is 11.6 Å². The Kier molecular flexibility index (Phi) is 6.27. The van der Waals surface area contributed by atoms with Crippen LogP contribution in [-0.4, -0.2) is 64.8 Å². The molecule has 4 heterocycles. The normalized spacial score (nSPS) is 27.9. The second-order valence-electron chi connectivity index (χ2n) is 8.09. The molecule has 0 bridgehead atoms. The number of fused-ring (bicyclic) bond motifs is 1. The van der Waals surface area contributed by atoms with Crippen LogP contribution in [-0.2, 0) is 17.8 Å². The summed E-state index contributed by atoms with van der Waals surface area (Å²) in [6.45, 7) is 6.62. The molecule has 1 aromatic heterocycles. The first kappa shape index (κ1) is 20.3. The van der Waals surface area contributed by atoms with E-state index in [4.69, 9.17) is 0 Å². The molecule has 2 atom stereocenters. The molecule has 1 spiro atoms. The van der Waals surface area contributed by atoms with Gasteiger partial charge in [0.2, 0.25) is 5.91 Å². The van der Waals surface area contributed by atoms with Crippen molar-refractivity contribution in [3.63, 3.8) is 0 Å². The number of hydrogen-bond donors (Lipinski definition) is 2. The summed E-state index contributed by atoms with van der Waals surface area (Å²) >= 11 is 0. The van der Waals surface area contributed by atoms with Gasteiger partial charge < -0.3 is 20.1 Å². The van der Waals surface area contributed by atoms with E-state index < -0.39 is 0 Å². The first-order valence-corrected chi connectivity index (χ1v) is 9.69. The van der Waals surface area contributed by atoms with Crippen LogP contribution in [0.2, 0.25) is 0 Å². The minimum absolute atomic E-state index is 0. The number of nitrogens with one attached hydrogen (secondary N) is 2. The van der Waals surface area contributed by atoms with Gasteiger partial charge in [0.25, 0.3) is 0 Å². The average molecular weight is 487 g/mol. The third kappa shape index (κ3) is 4.22. The number of amides is 1. The fourth-order valence-corrected chi connectivity index (χ4v) is 4.69. The zero-order valence-corrected chi connectivity index (χ0v) is 18.5. The lowest BCUT2D eigenvalue weighted by molar-refractivity contribution is -0.119. The number of piperidine rings is 1. The number of carbonyl (C=O) groups is 1. The maximum absolute atomic E-state index is 11.7. The zero-order valence-electron chi connectivity index (χ0n) is 16.2. The Morgan fingerprint density at radius 2 is 2.30 bits per heavy atom. The van der Waals surface area contributed by atoms with E-state index in [0.29, 0.717) is 12.3 Å². The molecule has 2 N–H and O–H groups in total. The van der Waals surface area contributed by atoms with Gasteiger partial charge >= 0.3 is 0 Å². The smallest absolute Gasteiger partial charge is 0.220 e. The first-order valence-electron chi connectivity index (χ1n) is 9.69. The molecular formula is C18H30IN7O. The largest absolute Gasteiger partial charge is 0.356 e. The van der Waals surface area contributed by atoms with Gasteiger partial charge in [-0.3, -0.25) is 9.79 Å². The summed E-state index contributed by atoms with van der Waals surface area (Å²) in [6, 6.07) is 0. The number of carbonyl (C=O) groups excluding carboxylic acids is 1. The molecule has 1 aromatic rings. The Labute approximate surface area is 177 Å². The lowest BCUT2D eigenvalue weighted by Crippen LogP contribution is -2.52. The van der Waals surface area contributed by atoms with Crippen molar-refractivity contribution >= 4 is 35.8 Å². The number of aromatic nitrogens is 3. The predicted molar refractivity (Wildman–Crippen MR) is 114 cm³/mol. The van der Waals surface area contributed by atoms with E-state index in [1.807, 2.05) is 14.0 Å². The van der Waals surface area contributed by atoms with E-state index >= 15 is 0 Å². The molecular weight excluding hydrogens is 457 g/mol. The van der Waals surface area contributed by atoms with Crippen LogP contribution in [0, 0.1) is 18.3 Å². The Morgan fingerprint density at radius 3 is 3.04 bits per heavy atom. The highest BCUT2D eigenvalue weighted by atomic mass is 127. The summed E-state index contributed by atoms with van der Waals surface area (Å²) in [5.74, 6) is 3.83. The van der Waals surface area contributed by atoms with Crippen LogP contribution >= 0.6 is 24.0 Å². The second kappa shape index (κ2) is 8.32. The second-order valence-corrected chi connectivity index (χ2v) is 8.09. The highest BCUT2D eigenvalue weighted by molar-refractivity contribution is 14.0. The van der Waals surface area contributed by atoms with Gasteiger partial charge in [0, 0.05) is 58.0 Å². The standard InChI is InChI=1S/C18H29N7O.HI/c1-13-22-23-15-5-4-14(10-25(13)15)9-20-17(19-2)24-7-3-6-18(12-24)8-16(26)21-11-18;/h14H,3-12H2,1-2H3,(H,19,20)(H,21,26);1H. The number of hydrogen-bond acceptors (Lipinski definition) is 4. The number of halogens is 1. The number of likely N-dealkylation sites (tertiary alicyclic amines) is 1. The SMILES string of the molecule is CN=C(NCC1CCc2nnc(C)n2C1)N1CCCC2(CNC(=O)C2)C1.I. The molecule has 0 radical (unpaired) electrons. The number of nitrogens with zero attached hydrogens (tertiary/aromatic N) is 5. The molecule has 4 rings (SSSR count). The Bertz CT molecular complexity index is 719. The summed E-state index contributed by atoms with van der Waals surface area (Å²) < 4.78 is 2.24. The van der Waals surface area contributed by atoms with Gasteiger partial charge in [-0.1, -0.05) is 0 Å². The summed E-state index contributed by atoms with van der Waals surface area (Å²) in [4.78, 5) is 18.6. The molecule has 2 unspecified atom stereocenters. The van der Waals surface area contributed by atoms with Crippen LogP contribution in [0.1, 0.15) is 37.3 Å². The number of aryl methyl sites for hydroxylation is 2. The number of guanidine groups is 1. The monoisotopic (exact) mass is 487 g/mol. The van der Waals surface area contributed by atoms with Crippen molar-refractivity contribution in [1.82, 2.24) is 30.3 Å². The molecule has 1 amide bonds. The summed E-state index contributed by atoms with van der Waals surface area (Å²) in [7, 11) is 1.85. The number of aliphatic imine (C=N–C) groups is 1. The average Bonchev–Trinajstić information content (AvgIpc) is 3.19. The molecule has 8 nitrogen and oxygen atoms in total. The van der Waals surface area contributed by atoms with Crippen LogP contribution in [0.5, 0.6) is 0 Å². The molecule has 2 fully saturated rings. The van der Waals surface area contributed by atoms with Gasteiger partial charge in [0.05, 0.1) is 0 Å². The molecule has 0 aliphatic carbocycles. The van der Waals surface area contributed by atoms with Crippen LogP contribution in [0.25, 0.3) is 0 Å². The lowest BCUT2D eigenvalue weighted by Gasteiger charge is -2.41. The zero-order chi connectivity index (χ0) is 18.1. The van der Waals surface area contributed by atoms with Crippen molar-refractivity contribution in [2.45, 2.75) is 45.6 Å². The van der Waals surface area contributed by atoms with Gasteiger partial charge in [-0.25, -0.2) is 0 Å². The van der Waals surface area contributed by atoms with Crippen LogP contribution in [0.3, 0.4) is 0 Å². The quantitative estimate of drug-likeness (QED) is 0.369. The van der Waals surface area contributed by atoms with Crippen molar-refractivity contribution in [3.05, 3.63) is 11.6 Å². The Balaban J connectivity index is 0.00000210. The minimum Gasteiger partial charge on any atom is -0.356 e. The molecule has 2 saturated heterocycles. The highest BCUT2D eigenvalue weighted by Crippen LogP contribution is 2.36. The maximum Gasteiger partial charge on any atom is 0.220 e. The van der Waals surface area contributed by atoms with E-state index in [2.05, 4.69) is 35.3 Å². The first-order chi connectivity index (χ1) is 12.6. The molecule has 3 aliphatic heterocycles. The van der Waals surface area contributed by atoms with E-state index in [1.165, 1.54) is 0 Å². The van der Waals surface area contributed by atoms with Gasteiger partial charge in [-0.2, -0.15) is 0 Å². The summed E-state index contributed by atoms with van der Waals surface area (Å²) in [5, 5.41) is 15.0. The van der Waals surface area contributed by atoms with Crippen LogP contribution < -0.4 is 10.6 Å². The van der Waals surface area contributed by atoms with Crippen molar-refractivity contribution < 1.29 is 4.79 Å². The van der Waals surface area contributed by atoms with Crippen molar-refractivity contribution in [1.29, 1.82) is 0 Å². The lowest BCUT2D eigenvalue weighted by atomic mass is 9.79. The van der Waals surface area contributed by atoms with Crippen molar-refractivity contribution in [2.75, 3.05) is 33.2 Å². The fraction of sp³-hybridized carbons (Fsp3) is 0.778. The molecule has 3 aliphatic rings. The van der Waals surface area contributed by atoms with Crippen molar-refractivity contribution in [3.8, 4) is 0 Å². The Morgan fingerprint density at radius 1 is 1.44 bits per heavy atom.